The molecule has 0 aromatic heterocycles. The molecule has 0 amide bonds. The largest absolute Gasteiger partial charge is 0.295 e. The van der Waals surface area contributed by atoms with Gasteiger partial charge >= 0.3 is 0 Å². The molecule has 136 valence electrons. The zero-order chi connectivity index (χ0) is 17.6. The summed E-state index contributed by atoms with van der Waals surface area (Å²) < 4.78 is 0. The molecule has 0 aliphatic carbocycles. The fourth-order valence-electron chi connectivity index (χ4n) is 3.33. The molecule has 0 fully saturated rings. The third-order valence-corrected chi connectivity index (χ3v) is 5.13. The van der Waals surface area contributed by atoms with Gasteiger partial charge in [-0.15, -0.1) is 0 Å². The molecule has 1 rings (SSSR count). The average Bonchev–Trinajstić information content (AvgIpc) is 2.59. The van der Waals surface area contributed by atoms with Gasteiger partial charge in [0.05, 0.1) is 0 Å². The molecule has 1 atom stereocenters. The molecule has 24 heavy (non-hydrogen) atoms. The third-order valence-electron chi connectivity index (χ3n) is 5.13. The Bertz CT molecular complexity index is 432. The summed E-state index contributed by atoms with van der Waals surface area (Å²) in [7, 11) is 0. The van der Waals surface area contributed by atoms with E-state index in [1.807, 2.05) is 12.1 Å². The number of hydrogen-bond donors (Lipinski definition) is 0. The van der Waals surface area contributed by atoms with Crippen molar-refractivity contribution in [2.45, 2.75) is 104 Å². The molecule has 0 bridgehead atoms. The Hall–Kier alpha value is -1.11. The normalized spacial score (nSPS) is 12.3. The summed E-state index contributed by atoms with van der Waals surface area (Å²) in [6.45, 7) is 6.21. The summed E-state index contributed by atoms with van der Waals surface area (Å²) >= 11 is 0. The lowest BCUT2D eigenvalue weighted by Gasteiger charge is -2.12. The summed E-state index contributed by atoms with van der Waals surface area (Å²) in [6, 6.07) is 8.18. The Balaban J connectivity index is 2.01. The highest BCUT2D eigenvalue weighted by Gasteiger charge is 2.06. The lowest BCUT2D eigenvalue weighted by Crippen LogP contribution is -1.96. The predicted molar refractivity (Wildman–Crippen MR) is 106 cm³/mol. The SMILES string of the molecule is CCCCCCCCCCCCCC(C)c1ccc(C(C)=O)cc1. The second-order valence-corrected chi connectivity index (χ2v) is 7.40. The van der Waals surface area contributed by atoms with Crippen molar-refractivity contribution in [3.05, 3.63) is 35.4 Å². The Morgan fingerprint density at radius 2 is 1.25 bits per heavy atom. The van der Waals surface area contributed by atoms with E-state index in [-0.39, 0.29) is 5.78 Å². The van der Waals surface area contributed by atoms with Crippen LogP contribution in [0.3, 0.4) is 0 Å². The fraction of sp³-hybridized carbons (Fsp3) is 0.696. The molecular formula is C23H38O. The van der Waals surface area contributed by atoms with Gasteiger partial charge in [0, 0.05) is 5.56 Å². The highest BCUT2D eigenvalue weighted by atomic mass is 16.1. The minimum atomic E-state index is 0.152. The molecule has 1 nitrogen and oxygen atoms in total. The molecule has 0 radical (unpaired) electrons. The number of hydrogen-bond acceptors (Lipinski definition) is 1. The second kappa shape index (κ2) is 13.2. The highest BCUT2D eigenvalue weighted by Crippen LogP contribution is 2.23. The molecule has 0 spiro atoms. The van der Waals surface area contributed by atoms with Crippen molar-refractivity contribution < 1.29 is 4.79 Å². The molecule has 1 aromatic carbocycles. The van der Waals surface area contributed by atoms with Gasteiger partial charge in [-0.1, -0.05) is 109 Å². The van der Waals surface area contributed by atoms with Gasteiger partial charge in [-0.2, -0.15) is 0 Å². The fourth-order valence-corrected chi connectivity index (χ4v) is 3.33. The number of carbonyl (C=O) groups is 1. The van der Waals surface area contributed by atoms with Crippen molar-refractivity contribution in [1.29, 1.82) is 0 Å². The molecule has 1 unspecified atom stereocenters. The van der Waals surface area contributed by atoms with Gasteiger partial charge in [0.15, 0.2) is 5.78 Å². The molecule has 0 aliphatic heterocycles. The first kappa shape index (κ1) is 20.9. The monoisotopic (exact) mass is 330 g/mol. The van der Waals surface area contributed by atoms with Crippen LogP contribution >= 0.6 is 0 Å². The summed E-state index contributed by atoms with van der Waals surface area (Å²) in [5.41, 5.74) is 2.19. The molecule has 0 heterocycles. The Morgan fingerprint density at radius 3 is 1.71 bits per heavy atom. The predicted octanol–water partition coefficient (Wildman–Crippen LogP) is 7.69. The van der Waals surface area contributed by atoms with Gasteiger partial charge in [-0.05, 0) is 24.8 Å². The van der Waals surface area contributed by atoms with Crippen molar-refractivity contribution >= 4 is 5.78 Å². The first-order chi connectivity index (χ1) is 11.6. The van der Waals surface area contributed by atoms with Gasteiger partial charge in [-0.3, -0.25) is 4.79 Å². The minimum absolute atomic E-state index is 0.152. The van der Waals surface area contributed by atoms with E-state index in [1.54, 1.807) is 6.92 Å². The van der Waals surface area contributed by atoms with Crippen molar-refractivity contribution in [2.24, 2.45) is 0 Å². The first-order valence-corrected chi connectivity index (χ1v) is 10.3. The lowest BCUT2D eigenvalue weighted by molar-refractivity contribution is 0.101. The average molecular weight is 331 g/mol. The number of unbranched alkanes of at least 4 members (excludes halogenated alkanes) is 10. The zero-order valence-electron chi connectivity index (χ0n) is 16.3. The van der Waals surface area contributed by atoms with Gasteiger partial charge in [-0.25, -0.2) is 0 Å². The quantitative estimate of drug-likeness (QED) is 0.252. The number of rotatable bonds is 14. The van der Waals surface area contributed by atoms with Crippen molar-refractivity contribution in [3.8, 4) is 0 Å². The number of benzene rings is 1. The maximum absolute atomic E-state index is 11.3. The smallest absolute Gasteiger partial charge is 0.159 e. The number of ketones is 1. The van der Waals surface area contributed by atoms with Crippen LogP contribution < -0.4 is 0 Å². The van der Waals surface area contributed by atoms with Crippen LogP contribution in [0.15, 0.2) is 24.3 Å². The van der Waals surface area contributed by atoms with E-state index in [0.29, 0.717) is 5.92 Å². The molecular weight excluding hydrogens is 292 g/mol. The molecule has 1 heteroatoms. The number of Topliss-reactive ketones (excluding diaryl/α,β-unsaturated/α-hetero) is 1. The maximum atomic E-state index is 11.3. The van der Waals surface area contributed by atoms with Crippen LogP contribution in [0.4, 0.5) is 0 Å². The van der Waals surface area contributed by atoms with Gasteiger partial charge < -0.3 is 0 Å². The topological polar surface area (TPSA) is 17.1 Å². The van der Waals surface area contributed by atoms with E-state index >= 15 is 0 Å². The van der Waals surface area contributed by atoms with Crippen LogP contribution in [-0.2, 0) is 0 Å². The summed E-state index contributed by atoms with van der Waals surface area (Å²) in [4.78, 5) is 11.3. The minimum Gasteiger partial charge on any atom is -0.295 e. The van der Waals surface area contributed by atoms with Gasteiger partial charge in [0.25, 0.3) is 0 Å². The van der Waals surface area contributed by atoms with E-state index in [0.717, 1.165) is 5.56 Å². The third kappa shape index (κ3) is 9.25. The maximum Gasteiger partial charge on any atom is 0.159 e. The molecule has 0 saturated carbocycles. The summed E-state index contributed by atoms with van der Waals surface area (Å²) in [5, 5.41) is 0. The van der Waals surface area contributed by atoms with Crippen molar-refractivity contribution in [3.63, 3.8) is 0 Å². The van der Waals surface area contributed by atoms with Crippen LogP contribution in [0.2, 0.25) is 0 Å². The Morgan fingerprint density at radius 1 is 0.792 bits per heavy atom. The standard InChI is InChI=1S/C23H38O/c1-4-5-6-7-8-9-10-11-12-13-14-15-20(2)22-16-18-23(19-17-22)21(3)24/h16-20H,4-15H2,1-3H3. The molecule has 0 aliphatic rings. The van der Waals surface area contributed by atoms with Crippen LogP contribution in [0.1, 0.15) is 120 Å². The first-order valence-electron chi connectivity index (χ1n) is 10.3. The van der Waals surface area contributed by atoms with E-state index in [2.05, 4.69) is 26.0 Å². The lowest BCUT2D eigenvalue weighted by atomic mass is 9.93. The Labute approximate surface area is 150 Å². The molecule has 0 N–H and O–H groups in total. The molecule has 0 saturated heterocycles. The van der Waals surface area contributed by atoms with E-state index in [4.69, 9.17) is 0 Å². The van der Waals surface area contributed by atoms with Crippen molar-refractivity contribution in [1.82, 2.24) is 0 Å². The van der Waals surface area contributed by atoms with E-state index in [9.17, 15) is 4.79 Å². The van der Waals surface area contributed by atoms with Crippen molar-refractivity contribution in [2.75, 3.05) is 0 Å². The Kier molecular flexibility index (Phi) is 11.5. The number of carbonyl (C=O) groups excluding carboxylic acids is 1. The summed E-state index contributed by atoms with van der Waals surface area (Å²) in [6.07, 6.45) is 16.7. The van der Waals surface area contributed by atoms with Crippen LogP contribution in [-0.4, -0.2) is 5.78 Å². The van der Waals surface area contributed by atoms with E-state index in [1.165, 1.54) is 82.6 Å². The van der Waals surface area contributed by atoms with Gasteiger partial charge in [0.1, 0.15) is 0 Å². The van der Waals surface area contributed by atoms with Gasteiger partial charge in [0.2, 0.25) is 0 Å². The zero-order valence-corrected chi connectivity index (χ0v) is 16.3. The summed E-state index contributed by atoms with van der Waals surface area (Å²) in [5.74, 6) is 0.754. The second-order valence-electron chi connectivity index (χ2n) is 7.40. The van der Waals surface area contributed by atoms with Crippen LogP contribution in [0.25, 0.3) is 0 Å². The van der Waals surface area contributed by atoms with E-state index < -0.39 is 0 Å². The van der Waals surface area contributed by atoms with Crippen LogP contribution in [0, 0.1) is 0 Å². The van der Waals surface area contributed by atoms with Crippen LogP contribution in [0.5, 0.6) is 0 Å². The highest BCUT2D eigenvalue weighted by molar-refractivity contribution is 5.94. The molecule has 1 aromatic rings.